The molecule has 1 aliphatic rings. The molecule has 3 aromatic carbocycles. The third-order valence-corrected chi connectivity index (χ3v) is 7.87. The first-order valence-corrected chi connectivity index (χ1v) is 12.9. The maximum atomic E-state index is 13.3. The summed E-state index contributed by atoms with van der Waals surface area (Å²) in [5.41, 5.74) is 3.96. The molecule has 0 bridgehead atoms. The van der Waals surface area contributed by atoms with Gasteiger partial charge in [-0.05, 0) is 42.8 Å². The van der Waals surface area contributed by atoms with E-state index in [1.807, 2.05) is 48.5 Å². The Balaban J connectivity index is 0.00000304. The molecule has 1 aliphatic heterocycles. The zero-order valence-corrected chi connectivity index (χ0v) is 22.8. The Morgan fingerprint density at radius 1 is 0.944 bits per heavy atom. The van der Waals surface area contributed by atoms with Crippen LogP contribution in [0.25, 0.3) is 21.8 Å². The number of halogens is 3. The predicted molar refractivity (Wildman–Crippen MR) is 154 cm³/mol. The molecule has 36 heavy (non-hydrogen) atoms. The number of para-hydroxylation sites is 1. The molecule has 190 valence electrons. The molecule has 5 nitrogen and oxygen atoms in total. The van der Waals surface area contributed by atoms with Crippen molar-refractivity contribution in [2.75, 3.05) is 31.1 Å². The number of hydrogen-bond donors (Lipinski definition) is 1. The topological polar surface area (TPSA) is 40.5 Å². The van der Waals surface area contributed by atoms with E-state index < -0.39 is 0 Å². The van der Waals surface area contributed by atoms with Gasteiger partial charge in [-0.2, -0.15) is 0 Å². The van der Waals surface area contributed by atoms with Crippen LogP contribution in [0.15, 0.2) is 60.7 Å². The van der Waals surface area contributed by atoms with Gasteiger partial charge in [0.1, 0.15) is 0 Å². The number of carbonyl (C=O) groups excluding carboxylic acids is 1. The molecular formula is C28H31Cl3N4O. The van der Waals surface area contributed by atoms with E-state index in [9.17, 15) is 4.79 Å². The molecule has 0 radical (unpaired) electrons. The first-order chi connectivity index (χ1) is 17.0. The number of aromatic nitrogens is 1. The Kier molecular flexibility index (Phi) is 8.36. The zero-order chi connectivity index (χ0) is 24.5. The van der Waals surface area contributed by atoms with Gasteiger partial charge in [-0.25, -0.2) is 0 Å². The smallest absolute Gasteiger partial charge is 0.252 e. The highest BCUT2D eigenvalue weighted by Crippen LogP contribution is 2.33. The van der Waals surface area contributed by atoms with Crippen molar-refractivity contribution in [1.82, 2.24) is 14.8 Å². The van der Waals surface area contributed by atoms with Gasteiger partial charge >= 0.3 is 0 Å². The van der Waals surface area contributed by atoms with Gasteiger partial charge in [-0.15, -0.1) is 12.4 Å². The van der Waals surface area contributed by atoms with E-state index in [0.29, 0.717) is 15.6 Å². The lowest BCUT2D eigenvalue weighted by atomic mass is 10.1. The number of piperazine rings is 1. The van der Waals surface area contributed by atoms with E-state index in [2.05, 4.69) is 45.8 Å². The molecule has 8 heteroatoms. The number of nitrogens with zero attached hydrogens (tertiary/aromatic N) is 3. The number of hydrogen-bond acceptors (Lipinski definition) is 3. The average Bonchev–Trinajstić information content (AvgIpc) is 3.17. The highest BCUT2D eigenvalue weighted by molar-refractivity contribution is 6.43. The molecule has 1 atom stereocenters. The highest BCUT2D eigenvalue weighted by atomic mass is 35.5. The Labute approximate surface area is 228 Å². The van der Waals surface area contributed by atoms with Crippen molar-refractivity contribution < 1.29 is 4.79 Å². The van der Waals surface area contributed by atoms with E-state index in [0.717, 1.165) is 55.6 Å². The van der Waals surface area contributed by atoms with Crippen LogP contribution in [0.4, 0.5) is 5.69 Å². The third kappa shape index (κ3) is 5.03. The summed E-state index contributed by atoms with van der Waals surface area (Å²) < 4.78 is 2.18. The lowest BCUT2D eigenvalue weighted by Crippen LogP contribution is -2.56. The molecule has 1 aromatic heterocycles. The lowest BCUT2D eigenvalue weighted by molar-refractivity contribution is 0.0824. The van der Waals surface area contributed by atoms with E-state index >= 15 is 0 Å². The minimum absolute atomic E-state index is 0. The quantitative estimate of drug-likeness (QED) is 0.292. The van der Waals surface area contributed by atoms with E-state index in [-0.39, 0.29) is 24.5 Å². The summed E-state index contributed by atoms with van der Waals surface area (Å²) in [6.45, 7) is 5.51. The SMILES string of the molecule is CCCC(NC(=O)c1ccc2c(c1)c1ccccc1n2C)N1CCN(c2cccc(Cl)c2Cl)CC1.Cl. The number of nitrogens with one attached hydrogen (secondary N) is 1. The number of carbonyl (C=O) groups is 1. The van der Waals surface area contributed by atoms with Gasteiger partial charge in [0.05, 0.1) is 21.9 Å². The summed E-state index contributed by atoms with van der Waals surface area (Å²) in [6.07, 6.45) is 1.89. The number of rotatable bonds is 6. The molecule has 0 aliphatic carbocycles. The highest BCUT2D eigenvalue weighted by Gasteiger charge is 2.26. The first kappa shape index (κ1) is 26.6. The minimum atomic E-state index is -0.0291. The lowest BCUT2D eigenvalue weighted by Gasteiger charge is -2.40. The van der Waals surface area contributed by atoms with Crippen LogP contribution in [-0.2, 0) is 7.05 Å². The fourth-order valence-corrected chi connectivity index (χ4v) is 5.59. The molecule has 0 saturated carbocycles. The Morgan fingerprint density at radius 2 is 1.67 bits per heavy atom. The molecule has 4 aromatic rings. The molecule has 1 amide bonds. The van der Waals surface area contributed by atoms with Gasteiger partial charge in [0, 0.05) is 60.6 Å². The second-order valence-corrected chi connectivity index (χ2v) is 9.97. The van der Waals surface area contributed by atoms with Gasteiger partial charge in [-0.3, -0.25) is 9.69 Å². The molecular weight excluding hydrogens is 515 g/mol. The largest absolute Gasteiger partial charge is 0.368 e. The van der Waals surface area contributed by atoms with Crippen LogP contribution in [-0.4, -0.2) is 47.7 Å². The maximum absolute atomic E-state index is 13.3. The molecule has 1 fully saturated rings. The second kappa shape index (κ2) is 11.3. The normalized spacial score (nSPS) is 15.2. The first-order valence-electron chi connectivity index (χ1n) is 12.2. The molecule has 5 rings (SSSR count). The van der Waals surface area contributed by atoms with Gasteiger partial charge < -0.3 is 14.8 Å². The van der Waals surface area contributed by atoms with Crippen LogP contribution in [0.2, 0.25) is 10.0 Å². The Morgan fingerprint density at radius 3 is 2.42 bits per heavy atom. The Bertz CT molecular complexity index is 1380. The van der Waals surface area contributed by atoms with Crippen molar-refractivity contribution in [1.29, 1.82) is 0 Å². The van der Waals surface area contributed by atoms with Crippen LogP contribution in [0.1, 0.15) is 30.1 Å². The summed E-state index contributed by atoms with van der Waals surface area (Å²) >= 11 is 12.7. The van der Waals surface area contributed by atoms with Crippen molar-refractivity contribution >= 4 is 69.0 Å². The van der Waals surface area contributed by atoms with Crippen LogP contribution >= 0.6 is 35.6 Å². The van der Waals surface area contributed by atoms with E-state index in [4.69, 9.17) is 23.2 Å². The van der Waals surface area contributed by atoms with Gasteiger partial charge in [-0.1, -0.05) is 60.8 Å². The minimum Gasteiger partial charge on any atom is -0.368 e. The second-order valence-electron chi connectivity index (χ2n) is 9.18. The zero-order valence-electron chi connectivity index (χ0n) is 20.5. The molecule has 0 spiro atoms. The number of benzene rings is 3. The van der Waals surface area contributed by atoms with Crippen molar-refractivity contribution in [3.63, 3.8) is 0 Å². The summed E-state index contributed by atoms with van der Waals surface area (Å²) in [5.74, 6) is -0.0291. The third-order valence-electron chi connectivity index (χ3n) is 7.06. The van der Waals surface area contributed by atoms with E-state index in [1.165, 1.54) is 10.9 Å². The van der Waals surface area contributed by atoms with Crippen molar-refractivity contribution in [3.8, 4) is 0 Å². The van der Waals surface area contributed by atoms with Crippen LogP contribution < -0.4 is 10.2 Å². The monoisotopic (exact) mass is 544 g/mol. The summed E-state index contributed by atoms with van der Waals surface area (Å²) in [5, 5.41) is 6.76. The number of anilines is 1. The van der Waals surface area contributed by atoms with Gasteiger partial charge in [0.25, 0.3) is 5.91 Å². The number of aryl methyl sites for hydroxylation is 1. The summed E-state index contributed by atoms with van der Waals surface area (Å²) in [4.78, 5) is 18.0. The van der Waals surface area contributed by atoms with Crippen LogP contribution in [0.5, 0.6) is 0 Å². The number of amides is 1. The predicted octanol–water partition coefficient (Wildman–Crippen LogP) is 6.74. The molecule has 2 heterocycles. The molecule has 1 unspecified atom stereocenters. The fourth-order valence-electron chi connectivity index (χ4n) is 5.17. The van der Waals surface area contributed by atoms with Crippen LogP contribution in [0, 0.1) is 0 Å². The van der Waals surface area contributed by atoms with Crippen molar-refractivity contribution in [2.24, 2.45) is 7.05 Å². The molecule has 1 saturated heterocycles. The average molecular weight is 546 g/mol. The molecule has 1 N–H and O–H groups in total. The maximum Gasteiger partial charge on any atom is 0.252 e. The Hall–Kier alpha value is -2.44. The standard InChI is InChI=1S/C28H30Cl2N4O.ClH/c1-3-7-26(34-16-14-33(15-17-34)25-11-6-9-22(29)27(25)30)31-28(35)19-12-13-24-21(18-19)20-8-4-5-10-23(20)32(24)2;/h4-6,8-13,18,26H,3,7,14-17H2,1-2H3,(H,31,35);1H. The van der Waals surface area contributed by atoms with E-state index in [1.54, 1.807) is 0 Å². The number of fused-ring (bicyclic) bond motifs is 3. The summed E-state index contributed by atoms with van der Waals surface area (Å²) in [7, 11) is 2.07. The van der Waals surface area contributed by atoms with Gasteiger partial charge in [0.2, 0.25) is 0 Å². The van der Waals surface area contributed by atoms with Crippen molar-refractivity contribution in [2.45, 2.75) is 25.9 Å². The fraction of sp³-hybridized carbons (Fsp3) is 0.321. The van der Waals surface area contributed by atoms with Crippen molar-refractivity contribution in [3.05, 3.63) is 76.3 Å². The summed E-state index contributed by atoms with van der Waals surface area (Å²) in [6, 6.07) is 20.1. The van der Waals surface area contributed by atoms with Crippen LogP contribution in [0.3, 0.4) is 0 Å². The van der Waals surface area contributed by atoms with Gasteiger partial charge in [0.15, 0.2) is 0 Å².